The first kappa shape index (κ1) is 17.0. The van der Waals surface area contributed by atoms with Crippen molar-refractivity contribution in [2.45, 2.75) is 0 Å². The van der Waals surface area contributed by atoms with Crippen LogP contribution < -0.4 is 5.32 Å². The fourth-order valence-electron chi connectivity index (χ4n) is 3.29. The number of carbonyl (C=O) groups excluding carboxylic acids is 1. The van der Waals surface area contributed by atoms with Crippen molar-refractivity contribution in [3.8, 4) is 11.1 Å². The molecule has 5 rings (SSSR count). The number of amides is 1. The normalized spacial score (nSPS) is 11.1. The van der Waals surface area contributed by atoms with E-state index in [2.05, 4.69) is 31.3 Å². The molecule has 4 aromatic heterocycles. The summed E-state index contributed by atoms with van der Waals surface area (Å²) in [6, 6.07) is 12.9. The van der Waals surface area contributed by atoms with E-state index in [4.69, 9.17) is 0 Å². The predicted molar refractivity (Wildman–Crippen MR) is 109 cm³/mol. The molecule has 0 unspecified atom stereocenters. The van der Waals surface area contributed by atoms with E-state index in [0.29, 0.717) is 11.2 Å². The van der Waals surface area contributed by atoms with Gasteiger partial charge in [0, 0.05) is 41.0 Å². The Morgan fingerprint density at radius 3 is 2.86 bits per heavy atom. The molecule has 0 aliphatic carbocycles. The molecular formula is C22H14FN5O. The maximum absolute atomic E-state index is 13.3. The zero-order valence-electron chi connectivity index (χ0n) is 15.1. The smallest absolute Gasteiger partial charge is 0.257 e. The standard InChI is InChI=1S/C22H14FN5O/c23-16-8-17(11-24-10-16)28-22(29)15-7-18-19(12-27-21(18)26-9-15)13-3-4-20-14(6-13)2-1-5-25-20/h1-12H,(H,26,27)(H,28,29). The molecule has 6 nitrogen and oxygen atoms in total. The Morgan fingerprint density at radius 2 is 1.97 bits per heavy atom. The van der Waals surface area contributed by atoms with Crippen LogP contribution in [0.3, 0.4) is 0 Å². The third kappa shape index (κ3) is 3.19. The third-order valence-electron chi connectivity index (χ3n) is 4.67. The largest absolute Gasteiger partial charge is 0.346 e. The highest BCUT2D eigenvalue weighted by molar-refractivity contribution is 6.07. The van der Waals surface area contributed by atoms with Crippen LogP contribution in [0.1, 0.15) is 10.4 Å². The van der Waals surface area contributed by atoms with Gasteiger partial charge in [0.1, 0.15) is 11.5 Å². The maximum atomic E-state index is 13.3. The van der Waals surface area contributed by atoms with Gasteiger partial charge in [0.05, 0.1) is 29.2 Å². The summed E-state index contributed by atoms with van der Waals surface area (Å²) in [5.41, 5.74) is 4.16. The first-order valence-electron chi connectivity index (χ1n) is 8.91. The van der Waals surface area contributed by atoms with Crippen molar-refractivity contribution >= 4 is 33.5 Å². The van der Waals surface area contributed by atoms with Crippen molar-refractivity contribution in [2.75, 3.05) is 5.32 Å². The Balaban J connectivity index is 1.53. The number of benzene rings is 1. The number of rotatable bonds is 3. The lowest BCUT2D eigenvalue weighted by Gasteiger charge is -2.06. The molecule has 0 aliphatic heterocycles. The van der Waals surface area contributed by atoms with E-state index in [1.165, 1.54) is 18.5 Å². The highest BCUT2D eigenvalue weighted by Gasteiger charge is 2.13. The zero-order valence-corrected chi connectivity index (χ0v) is 15.1. The summed E-state index contributed by atoms with van der Waals surface area (Å²) in [6.45, 7) is 0. The summed E-state index contributed by atoms with van der Waals surface area (Å²) >= 11 is 0. The number of nitrogens with zero attached hydrogens (tertiary/aromatic N) is 3. The Morgan fingerprint density at radius 1 is 1.03 bits per heavy atom. The number of anilines is 1. The molecule has 29 heavy (non-hydrogen) atoms. The number of halogens is 1. The van der Waals surface area contributed by atoms with Gasteiger partial charge in [-0.2, -0.15) is 0 Å². The van der Waals surface area contributed by atoms with Gasteiger partial charge in [0.2, 0.25) is 0 Å². The molecule has 140 valence electrons. The van der Waals surface area contributed by atoms with E-state index < -0.39 is 5.82 Å². The van der Waals surface area contributed by atoms with Crippen LogP contribution in [0.5, 0.6) is 0 Å². The van der Waals surface area contributed by atoms with Crippen LogP contribution in [0.25, 0.3) is 33.1 Å². The monoisotopic (exact) mass is 383 g/mol. The Labute approximate surface area is 164 Å². The van der Waals surface area contributed by atoms with Gasteiger partial charge >= 0.3 is 0 Å². The highest BCUT2D eigenvalue weighted by Crippen LogP contribution is 2.30. The molecule has 1 aromatic carbocycles. The molecule has 7 heteroatoms. The number of aromatic amines is 1. The molecule has 0 bridgehead atoms. The van der Waals surface area contributed by atoms with Crippen LogP contribution in [-0.4, -0.2) is 25.8 Å². The van der Waals surface area contributed by atoms with E-state index in [1.54, 1.807) is 12.3 Å². The molecule has 2 N–H and O–H groups in total. The minimum absolute atomic E-state index is 0.284. The first-order chi connectivity index (χ1) is 14.2. The SMILES string of the molecule is O=C(Nc1cncc(F)c1)c1cnc2[nH]cc(-c3ccc4ncccc4c3)c2c1. The zero-order chi connectivity index (χ0) is 19.8. The van der Waals surface area contributed by atoms with E-state index in [1.807, 2.05) is 30.5 Å². The number of H-pyrrole nitrogens is 1. The lowest BCUT2D eigenvalue weighted by atomic mass is 10.0. The van der Waals surface area contributed by atoms with Gasteiger partial charge in [-0.15, -0.1) is 0 Å². The van der Waals surface area contributed by atoms with Gasteiger partial charge in [-0.05, 0) is 29.8 Å². The van der Waals surface area contributed by atoms with Crippen LogP contribution in [0.2, 0.25) is 0 Å². The molecule has 1 amide bonds. The third-order valence-corrected chi connectivity index (χ3v) is 4.67. The van der Waals surface area contributed by atoms with Crippen LogP contribution in [0, 0.1) is 5.82 Å². The van der Waals surface area contributed by atoms with Gasteiger partial charge in [0.25, 0.3) is 5.91 Å². The summed E-state index contributed by atoms with van der Waals surface area (Å²) in [6.07, 6.45) is 7.57. The average Bonchev–Trinajstić information content (AvgIpc) is 3.16. The summed E-state index contributed by atoms with van der Waals surface area (Å²) in [7, 11) is 0. The lowest BCUT2D eigenvalue weighted by molar-refractivity contribution is 0.102. The number of nitrogens with one attached hydrogen (secondary N) is 2. The van der Waals surface area contributed by atoms with Crippen LogP contribution >= 0.6 is 0 Å². The van der Waals surface area contributed by atoms with Crippen molar-refractivity contribution in [1.29, 1.82) is 0 Å². The molecule has 5 aromatic rings. The van der Waals surface area contributed by atoms with Crippen LogP contribution in [-0.2, 0) is 0 Å². The highest BCUT2D eigenvalue weighted by atomic mass is 19.1. The van der Waals surface area contributed by atoms with E-state index >= 15 is 0 Å². The summed E-state index contributed by atoms with van der Waals surface area (Å²) < 4.78 is 13.3. The van der Waals surface area contributed by atoms with Crippen molar-refractivity contribution in [3.05, 3.63) is 84.8 Å². The number of hydrogen-bond acceptors (Lipinski definition) is 4. The fourth-order valence-corrected chi connectivity index (χ4v) is 3.29. The number of hydrogen-bond donors (Lipinski definition) is 2. The lowest BCUT2D eigenvalue weighted by Crippen LogP contribution is -2.12. The molecular weight excluding hydrogens is 369 g/mol. The summed E-state index contributed by atoms with van der Waals surface area (Å²) in [5.74, 6) is -0.906. The van der Waals surface area contributed by atoms with Crippen molar-refractivity contribution in [2.24, 2.45) is 0 Å². The fraction of sp³-hybridized carbons (Fsp3) is 0. The van der Waals surface area contributed by atoms with E-state index in [9.17, 15) is 9.18 Å². The van der Waals surface area contributed by atoms with E-state index in [0.717, 1.165) is 33.6 Å². The number of pyridine rings is 3. The molecule has 0 radical (unpaired) electrons. The second kappa shape index (κ2) is 6.79. The molecule has 0 spiro atoms. The second-order valence-electron chi connectivity index (χ2n) is 6.58. The van der Waals surface area contributed by atoms with E-state index in [-0.39, 0.29) is 11.6 Å². The Hall–Kier alpha value is -4.13. The molecule has 4 heterocycles. The average molecular weight is 383 g/mol. The summed E-state index contributed by atoms with van der Waals surface area (Å²) in [4.78, 5) is 28.2. The maximum Gasteiger partial charge on any atom is 0.257 e. The van der Waals surface area contributed by atoms with Crippen molar-refractivity contribution < 1.29 is 9.18 Å². The quantitative estimate of drug-likeness (QED) is 0.478. The van der Waals surface area contributed by atoms with Gasteiger partial charge in [-0.1, -0.05) is 12.1 Å². The van der Waals surface area contributed by atoms with Crippen molar-refractivity contribution in [1.82, 2.24) is 19.9 Å². The van der Waals surface area contributed by atoms with Gasteiger partial charge < -0.3 is 10.3 Å². The molecule has 0 atom stereocenters. The van der Waals surface area contributed by atoms with Gasteiger partial charge in [0.15, 0.2) is 0 Å². The second-order valence-corrected chi connectivity index (χ2v) is 6.58. The van der Waals surface area contributed by atoms with Crippen LogP contribution in [0.4, 0.5) is 10.1 Å². The Kier molecular flexibility index (Phi) is 3.98. The van der Waals surface area contributed by atoms with Gasteiger partial charge in [-0.25, -0.2) is 9.37 Å². The van der Waals surface area contributed by atoms with Gasteiger partial charge in [-0.3, -0.25) is 14.8 Å². The molecule has 0 saturated heterocycles. The van der Waals surface area contributed by atoms with Crippen LogP contribution in [0.15, 0.2) is 73.4 Å². The minimum Gasteiger partial charge on any atom is -0.346 e. The summed E-state index contributed by atoms with van der Waals surface area (Å²) in [5, 5.41) is 4.48. The molecule has 0 saturated carbocycles. The topological polar surface area (TPSA) is 83.6 Å². The number of fused-ring (bicyclic) bond motifs is 2. The number of carbonyl (C=O) groups is 1. The first-order valence-corrected chi connectivity index (χ1v) is 8.91. The molecule has 0 fully saturated rings. The van der Waals surface area contributed by atoms with Crippen molar-refractivity contribution in [3.63, 3.8) is 0 Å². The molecule has 0 aliphatic rings. The number of aromatic nitrogens is 4. The predicted octanol–water partition coefficient (Wildman–Crippen LogP) is 4.56. The Bertz CT molecular complexity index is 1380. The minimum atomic E-state index is -0.518.